The van der Waals surface area contributed by atoms with E-state index in [2.05, 4.69) is 36.9 Å². The highest BCUT2D eigenvalue weighted by Gasteiger charge is 2.30. The molecule has 0 spiro atoms. The first-order valence-corrected chi connectivity index (χ1v) is 6.74. The van der Waals surface area contributed by atoms with Gasteiger partial charge in [-0.05, 0) is 24.3 Å². The molecule has 0 bridgehead atoms. The third kappa shape index (κ3) is 1.99. The number of anilines is 4. The third-order valence-electron chi connectivity index (χ3n) is 3.50. The fourth-order valence-corrected chi connectivity index (χ4v) is 2.52. The summed E-state index contributed by atoms with van der Waals surface area (Å²) in [7, 11) is 0. The van der Waals surface area contributed by atoms with E-state index in [1.54, 1.807) is 24.8 Å². The molecule has 3 aromatic rings. The second kappa shape index (κ2) is 4.86. The summed E-state index contributed by atoms with van der Waals surface area (Å²) in [5.74, 6) is 1.74. The highest BCUT2D eigenvalue weighted by atomic mass is 15.4. The molecule has 0 unspecified atom stereocenters. The fourth-order valence-electron chi connectivity index (χ4n) is 2.52. The van der Waals surface area contributed by atoms with Gasteiger partial charge >= 0.3 is 0 Å². The molecule has 0 atom stereocenters. The summed E-state index contributed by atoms with van der Waals surface area (Å²) in [5, 5.41) is 0. The molecule has 5 heteroatoms. The molecule has 102 valence electrons. The Morgan fingerprint density at radius 2 is 1.24 bits per heavy atom. The van der Waals surface area contributed by atoms with Gasteiger partial charge < -0.3 is 9.80 Å². The van der Waals surface area contributed by atoms with E-state index in [9.17, 15) is 0 Å². The molecule has 1 aliphatic heterocycles. The number of rotatable bonds is 2. The molecule has 1 aromatic carbocycles. The van der Waals surface area contributed by atoms with Crippen LogP contribution in [0.1, 0.15) is 0 Å². The Morgan fingerprint density at radius 1 is 0.667 bits per heavy atom. The van der Waals surface area contributed by atoms with Gasteiger partial charge in [0.05, 0.1) is 0 Å². The molecule has 0 N–H and O–H groups in total. The molecular formula is C16H13N5. The van der Waals surface area contributed by atoms with Crippen molar-refractivity contribution in [2.75, 3.05) is 16.5 Å². The lowest BCUT2D eigenvalue weighted by Gasteiger charge is -2.20. The number of fused-ring (bicyclic) bond motifs is 1. The minimum Gasteiger partial charge on any atom is -0.305 e. The van der Waals surface area contributed by atoms with E-state index in [4.69, 9.17) is 0 Å². The normalized spacial score (nSPS) is 13.3. The Balaban J connectivity index is 1.81. The minimum absolute atomic E-state index is 0.688. The summed E-state index contributed by atoms with van der Waals surface area (Å²) in [6.07, 6.45) is 7.03. The predicted octanol–water partition coefficient (Wildman–Crippen LogP) is 3.12. The fraction of sp³-hybridized carbons (Fsp3) is 0.0625. The Morgan fingerprint density at radius 3 is 1.86 bits per heavy atom. The topological polar surface area (TPSA) is 45.2 Å². The first-order valence-electron chi connectivity index (χ1n) is 6.74. The van der Waals surface area contributed by atoms with Gasteiger partial charge in [-0.1, -0.05) is 18.2 Å². The predicted molar refractivity (Wildman–Crippen MR) is 81.9 cm³/mol. The van der Waals surface area contributed by atoms with Crippen LogP contribution < -0.4 is 9.80 Å². The van der Waals surface area contributed by atoms with Gasteiger partial charge in [-0.25, -0.2) is 9.97 Å². The molecule has 0 aliphatic carbocycles. The molecule has 0 amide bonds. The second-order valence-electron chi connectivity index (χ2n) is 4.74. The van der Waals surface area contributed by atoms with E-state index in [1.807, 2.05) is 30.3 Å². The Bertz CT molecular complexity index is 680. The Labute approximate surface area is 122 Å². The van der Waals surface area contributed by atoms with Crippen molar-refractivity contribution in [3.8, 4) is 0 Å². The van der Waals surface area contributed by atoms with Gasteiger partial charge in [-0.2, -0.15) is 0 Å². The summed E-state index contributed by atoms with van der Waals surface area (Å²) in [6, 6.07) is 14.2. The molecular weight excluding hydrogens is 262 g/mol. The van der Waals surface area contributed by atoms with Crippen molar-refractivity contribution >= 4 is 23.0 Å². The lowest BCUT2D eigenvalue weighted by Crippen LogP contribution is -2.24. The highest BCUT2D eigenvalue weighted by Crippen LogP contribution is 2.40. The van der Waals surface area contributed by atoms with E-state index in [-0.39, 0.29) is 0 Å². The van der Waals surface area contributed by atoms with Gasteiger partial charge in [-0.3, -0.25) is 4.98 Å². The van der Waals surface area contributed by atoms with Crippen LogP contribution in [0.4, 0.5) is 23.0 Å². The molecule has 0 radical (unpaired) electrons. The summed E-state index contributed by atoms with van der Waals surface area (Å²) in [6.45, 7) is 0.688. The SMILES string of the molecule is c1ccc(N2CN(c3ccncc3)c3nccnc32)cc1. The zero-order chi connectivity index (χ0) is 14.1. The molecule has 2 aromatic heterocycles. The van der Waals surface area contributed by atoms with Crippen LogP contribution in [0.15, 0.2) is 67.3 Å². The van der Waals surface area contributed by atoms with Crippen LogP contribution >= 0.6 is 0 Å². The molecule has 21 heavy (non-hydrogen) atoms. The average molecular weight is 275 g/mol. The monoisotopic (exact) mass is 275 g/mol. The van der Waals surface area contributed by atoms with Crippen LogP contribution in [0.2, 0.25) is 0 Å². The van der Waals surface area contributed by atoms with Gasteiger partial charge in [0.1, 0.15) is 6.67 Å². The van der Waals surface area contributed by atoms with Crippen molar-refractivity contribution in [3.63, 3.8) is 0 Å². The maximum atomic E-state index is 4.50. The van der Waals surface area contributed by atoms with E-state index in [0.717, 1.165) is 23.0 Å². The molecule has 1 aliphatic rings. The summed E-state index contributed by atoms with van der Waals surface area (Å²) >= 11 is 0. The highest BCUT2D eigenvalue weighted by molar-refractivity contribution is 5.81. The maximum absolute atomic E-state index is 4.50. The van der Waals surface area contributed by atoms with Crippen LogP contribution in [0.25, 0.3) is 0 Å². The number of pyridine rings is 1. The molecule has 0 fully saturated rings. The number of para-hydroxylation sites is 1. The second-order valence-corrected chi connectivity index (χ2v) is 4.74. The van der Waals surface area contributed by atoms with Crippen LogP contribution in [0.3, 0.4) is 0 Å². The van der Waals surface area contributed by atoms with Gasteiger partial charge in [-0.15, -0.1) is 0 Å². The summed E-state index contributed by atoms with van der Waals surface area (Å²) in [4.78, 5) is 17.4. The van der Waals surface area contributed by atoms with E-state index in [1.165, 1.54) is 0 Å². The molecule has 0 saturated carbocycles. The van der Waals surface area contributed by atoms with Gasteiger partial charge in [0.25, 0.3) is 0 Å². The van der Waals surface area contributed by atoms with Gasteiger partial charge in [0, 0.05) is 36.2 Å². The van der Waals surface area contributed by atoms with Crippen molar-refractivity contribution < 1.29 is 0 Å². The number of benzene rings is 1. The molecule has 4 rings (SSSR count). The smallest absolute Gasteiger partial charge is 0.178 e. The molecule has 3 heterocycles. The van der Waals surface area contributed by atoms with E-state index >= 15 is 0 Å². The molecule has 5 nitrogen and oxygen atoms in total. The Hall–Kier alpha value is -2.95. The van der Waals surface area contributed by atoms with Crippen molar-refractivity contribution in [1.82, 2.24) is 15.0 Å². The number of aromatic nitrogens is 3. The van der Waals surface area contributed by atoms with Crippen LogP contribution in [-0.2, 0) is 0 Å². The van der Waals surface area contributed by atoms with Crippen molar-refractivity contribution in [2.24, 2.45) is 0 Å². The van der Waals surface area contributed by atoms with Gasteiger partial charge in [0.2, 0.25) is 0 Å². The largest absolute Gasteiger partial charge is 0.305 e. The standard InChI is InChI=1S/C16H13N5/c1-2-4-13(5-3-1)20-12-21(14-6-8-17-9-7-14)16-15(20)18-10-11-19-16/h1-11H,12H2. The zero-order valence-corrected chi connectivity index (χ0v) is 11.3. The Kier molecular flexibility index (Phi) is 2.74. The van der Waals surface area contributed by atoms with Crippen molar-refractivity contribution in [3.05, 3.63) is 67.3 Å². The number of nitrogens with zero attached hydrogens (tertiary/aromatic N) is 5. The average Bonchev–Trinajstić information content (AvgIpc) is 2.96. The van der Waals surface area contributed by atoms with Gasteiger partial charge in [0.15, 0.2) is 11.6 Å². The lowest BCUT2D eigenvalue weighted by molar-refractivity contribution is 0.974. The number of hydrogen-bond donors (Lipinski definition) is 0. The van der Waals surface area contributed by atoms with Crippen molar-refractivity contribution in [1.29, 1.82) is 0 Å². The van der Waals surface area contributed by atoms with Crippen LogP contribution in [0.5, 0.6) is 0 Å². The lowest BCUT2D eigenvalue weighted by atomic mass is 10.3. The first-order chi connectivity index (χ1) is 10.4. The third-order valence-corrected chi connectivity index (χ3v) is 3.50. The quantitative estimate of drug-likeness (QED) is 0.719. The summed E-state index contributed by atoms with van der Waals surface area (Å²) in [5.41, 5.74) is 2.17. The molecule has 0 saturated heterocycles. The minimum atomic E-state index is 0.688. The first kappa shape index (κ1) is 11.8. The number of hydrogen-bond acceptors (Lipinski definition) is 5. The zero-order valence-electron chi connectivity index (χ0n) is 11.3. The van der Waals surface area contributed by atoms with Crippen LogP contribution in [0, 0.1) is 0 Å². The maximum Gasteiger partial charge on any atom is 0.178 e. The van der Waals surface area contributed by atoms with E-state index in [0.29, 0.717) is 6.67 Å². The van der Waals surface area contributed by atoms with Crippen molar-refractivity contribution in [2.45, 2.75) is 0 Å². The van der Waals surface area contributed by atoms with E-state index < -0.39 is 0 Å². The van der Waals surface area contributed by atoms with Crippen LogP contribution in [-0.4, -0.2) is 21.6 Å². The summed E-state index contributed by atoms with van der Waals surface area (Å²) < 4.78 is 0.